The van der Waals surface area contributed by atoms with Gasteiger partial charge in [-0.05, 0) is 67.7 Å². The van der Waals surface area contributed by atoms with Gasteiger partial charge in [-0.15, -0.1) is 0 Å². The minimum absolute atomic E-state index is 0.0715. The molecule has 35 heavy (non-hydrogen) atoms. The minimum Gasteiger partial charge on any atom is -0.467 e. The van der Waals surface area contributed by atoms with Crippen LogP contribution in [0.25, 0.3) is 0 Å². The van der Waals surface area contributed by atoms with E-state index in [0.29, 0.717) is 17.7 Å². The lowest BCUT2D eigenvalue weighted by atomic mass is 9.71. The Morgan fingerprint density at radius 2 is 1.66 bits per heavy atom. The first-order valence-corrected chi connectivity index (χ1v) is 19.5. The average Bonchev–Trinajstić information content (AvgIpc) is 3.25. The number of hydrogen-bond acceptors (Lipinski definition) is 6. The molecule has 0 bridgehead atoms. The first-order valence-electron chi connectivity index (χ1n) is 14.0. The number of imidazole rings is 1. The smallest absolute Gasteiger partial charge is 0.269 e. The predicted octanol–water partition coefficient (Wildman–Crippen LogP) is 6.53. The van der Waals surface area contributed by atoms with Crippen molar-refractivity contribution in [3.63, 3.8) is 0 Å². The summed E-state index contributed by atoms with van der Waals surface area (Å²) in [4.78, 5) is 4.10. The zero-order valence-electron chi connectivity index (χ0n) is 22.7. The molecule has 5 atom stereocenters. The maximum Gasteiger partial charge on any atom is 0.269 e. The molecular formula is C26H46N2O4SSi2. The van der Waals surface area contributed by atoms with Gasteiger partial charge in [0.05, 0.1) is 12.2 Å². The molecule has 0 amide bonds. The molecule has 2 aliphatic carbocycles. The van der Waals surface area contributed by atoms with E-state index in [9.17, 15) is 0 Å². The molecule has 0 radical (unpaired) electrons. The molecule has 1 spiro atoms. The molecule has 198 valence electrons. The summed E-state index contributed by atoms with van der Waals surface area (Å²) >= 11 is 5.55. The zero-order chi connectivity index (χ0) is 25.3. The van der Waals surface area contributed by atoms with Crippen molar-refractivity contribution in [2.45, 2.75) is 127 Å². The summed E-state index contributed by atoms with van der Waals surface area (Å²) in [6, 6.07) is 6.92. The number of nitrogens with zero attached hydrogens (tertiary/aromatic N) is 2. The van der Waals surface area contributed by atoms with Crippen molar-refractivity contribution in [1.29, 1.82) is 0 Å². The molecule has 0 aromatic carbocycles. The molecular weight excluding hydrogens is 493 g/mol. The molecule has 1 aromatic heterocycles. The van der Waals surface area contributed by atoms with Gasteiger partial charge in [0.2, 0.25) is 0 Å². The van der Waals surface area contributed by atoms with Gasteiger partial charge >= 0.3 is 0 Å². The van der Waals surface area contributed by atoms with Crippen molar-refractivity contribution in [2.24, 2.45) is 5.92 Å². The van der Waals surface area contributed by atoms with Crippen molar-refractivity contribution in [3.05, 3.63) is 18.7 Å². The lowest BCUT2D eigenvalue weighted by Crippen LogP contribution is -2.59. The number of aromatic nitrogens is 2. The van der Waals surface area contributed by atoms with Gasteiger partial charge in [-0.25, -0.2) is 4.98 Å². The van der Waals surface area contributed by atoms with Crippen LogP contribution < -0.4 is 0 Å². The minimum atomic E-state index is -1.83. The highest BCUT2D eigenvalue weighted by atomic mass is 32.1. The van der Waals surface area contributed by atoms with Crippen LogP contribution in [0.1, 0.15) is 67.2 Å². The van der Waals surface area contributed by atoms with E-state index in [1.54, 1.807) is 17.1 Å². The molecule has 0 N–H and O–H groups in total. The normalized spacial score (nSPS) is 32.2. The van der Waals surface area contributed by atoms with Gasteiger partial charge in [0.25, 0.3) is 5.17 Å². The quantitative estimate of drug-likeness (QED) is 0.171. The second-order valence-electron chi connectivity index (χ2n) is 10.9. The monoisotopic (exact) mass is 538 g/mol. The Kier molecular flexibility index (Phi) is 8.35. The van der Waals surface area contributed by atoms with E-state index in [0.717, 1.165) is 55.5 Å². The molecule has 3 fully saturated rings. The fraction of sp³-hybridized carbons (Fsp3) is 0.846. The average molecular weight is 539 g/mol. The molecule has 2 heterocycles. The number of epoxide rings is 1. The van der Waals surface area contributed by atoms with E-state index < -0.39 is 16.6 Å². The van der Waals surface area contributed by atoms with Crippen molar-refractivity contribution in [2.75, 3.05) is 6.61 Å². The maximum atomic E-state index is 7.33. The van der Waals surface area contributed by atoms with Gasteiger partial charge in [0, 0.05) is 24.7 Å². The largest absolute Gasteiger partial charge is 0.467 e. The van der Waals surface area contributed by atoms with E-state index in [1.807, 2.05) is 6.20 Å². The van der Waals surface area contributed by atoms with Crippen LogP contribution in [0.15, 0.2) is 18.7 Å². The van der Waals surface area contributed by atoms with Gasteiger partial charge in [-0.2, -0.15) is 0 Å². The number of thiocarbonyl (C=S) groups is 1. The third-order valence-electron chi connectivity index (χ3n) is 9.86. The Labute approximate surface area is 219 Å². The van der Waals surface area contributed by atoms with Gasteiger partial charge < -0.3 is 18.3 Å². The first kappa shape index (κ1) is 27.4. The van der Waals surface area contributed by atoms with Crippen LogP contribution in [0, 0.1) is 5.92 Å². The Balaban J connectivity index is 1.63. The second-order valence-corrected chi connectivity index (χ2v) is 20.7. The maximum absolute atomic E-state index is 7.33. The van der Waals surface area contributed by atoms with E-state index in [-0.39, 0.29) is 23.4 Å². The lowest BCUT2D eigenvalue weighted by molar-refractivity contribution is -0.0405. The highest BCUT2D eigenvalue weighted by molar-refractivity contribution is 7.80. The Morgan fingerprint density at radius 1 is 1.03 bits per heavy atom. The molecule has 3 aliphatic rings. The third-order valence-corrected chi connectivity index (χ3v) is 19.5. The van der Waals surface area contributed by atoms with Crippen LogP contribution in [-0.2, 0) is 18.3 Å². The first-order chi connectivity index (χ1) is 16.8. The summed E-state index contributed by atoms with van der Waals surface area (Å²) in [6.45, 7) is 14.4. The predicted molar refractivity (Wildman–Crippen MR) is 149 cm³/mol. The van der Waals surface area contributed by atoms with Crippen LogP contribution in [-0.4, -0.2) is 61.4 Å². The molecule has 4 rings (SSSR count). The molecule has 6 nitrogen and oxygen atoms in total. The fourth-order valence-electron chi connectivity index (χ4n) is 7.07. The topological polar surface area (TPSA) is 58.0 Å². The zero-order valence-corrected chi connectivity index (χ0v) is 25.5. The molecule has 1 aliphatic heterocycles. The van der Waals surface area contributed by atoms with Crippen molar-refractivity contribution in [1.82, 2.24) is 9.55 Å². The summed E-state index contributed by atoms with van der Waals surface area (Å²) in [5.41, 5.74) is -0.472. The van der Waals surface area contributed by atoms with Crippen molar-refractivity contribution in [3.8, 4) is 0 Å². The van der Waals surface area contributed by atoms with E-state index in [4.69, 9.17) is 30.5 Å². The lowest BCUT2D eigenvalue weighted by Gasteiger charge is -2.47. The number of ether oxygens (including phenoxy) is 2. The molecule has 1 saturated heterocycles. The van der Waals surface area contributed by atoms with E-state index in [1.165, 1.54) is 6.42 Å². The van der Waals surface area contributed by atoms with Crippen LogP contribution in [0.3, 0.4) is 0 Å². The highest BCUT2D eigenvalue weighted by Crippen LogP contribution is 2.68. The summed E-state index contributed by atoms with van der Waals surface area (Å²) in [5, 5.41) is 0.432. The molecule has 1 aromatic rings. The Hall–Kier alpha value is -0.586. The van der Waals surface area contributed by atoms with Crippen LogP contribution >= 0.6 is 12.2 Å². The van der Waals surface area contributed by atoms with E-state index in [2.05, 4.69) is 46.5 Å². The summed E-state index contributed by atoms with van der Waals surface area (Å²) in [6.07, 6.45) is 9.71. The van der Waals surface area contributed by atoms with Gasteiger partial charge in [0.1, 0.15) is 24.1 Å². The van der Waals surface area contributed by atoms with Crippen molar-refractivity contribution < 1.29 is 18.3 Å². The standard InChI is InChI=1S/C26H46N2O4SSi2/c1-7-34(8-2,9-3)30-22-18-25(19-29-24(33)28-17-16-27-20-28)26(32-25)15-13-14-21(26)23(22)31-35(10-4,11-5)12-6/h16-17,20-23H,7-15,18-19H2,1-6H3/t21-,22+,23-,25+,26+/m0/s1. The fourth-order valence-corrected chi connectivity index (χ4v) is 13.0. The Bertz CT molecular complexity index is 847. The summed E-state index contributed by atoms with van der Waals surface area (Å²) in [7, 11) is -3.64. The summed E-state index contributed by atoms with van der Waals surface area (Å²) < 4.78 is 29.3. The van der Waals surface area contributed by atoms with Crippen LogP contribution in [0.4, 0.5) is 0 Å². The number of hydrogen-bond donors (Lipinski definition) is 0. The van der Waals surface area contributed by atoms with Crippen molar-refractivity contribution >= 4 is 34.0 Å². The molecule has 2 saturated carbocycles. The van der Waals surface area contributed by atoms with E-state index >= 15 is 0 Å². The summed E-state index contributed by atoms with van der Waals surface area (Å²) in [5.74, 6) is 0.375. The highest BCUT2D eigenvalue weighted by Gasteiger charge is 2.79. The van der Waals surface area contributed by atoms with Crippen LogP contribution in [0.2, 0.25) is 36.3 Å². The SMILES string of the molecule is CC[Si](CC)(CC)O[C@@H]1[C@H](O[Si](CC)(CC)CC)C[C@]2(COC(=S)n3ccnc3)O[C@@]23CCC[C@@H]13. The molecule has 9 heteroatoms. The Morgan fingerprint density at radius 3 is 2.23 bits per heavy atom. The molecule has 0 unspecified atom stereocenters. The number of rotatable bonds is 12. The second kappa shape index (κ2) is 10.7. The third kappa shape index (κ3) is 4.74. The van der Waals surface area contributed by atoms with Gasteiger partial charge in [-0.1, -0.05) is 41.5 Å². The van der Waals surface area contributed by atoms with Gasteiger partial charge in [-0.3, -0.25) is 4.57 Å². The van der Waals surface area contributed by atoms with Gasteiger partial charge in [0.15, 0.2) is 16.6 Å². The van der Waals surface area contributed by atoms with Crippen LogP contribution in [0.5, 0.6) is 0 Å².